The molecule has 0 N–H and O–H groups in total. The van der Waals surface area contributed by atoms with Crippen molar-refractivity contribution in [3.63, 3.8) is 0 Å². The fourth-order valence-corrected chi connectivity index (χ4v) is 2.97. The molecule has 0 saturated carbocycles. The van der Waals surface area contributed by atoms with Crippen molar-refractivity contribution in [3.05, 3.63) is 46.7 Å². The van der Waals surface area contributed by atoms with E-state index < -0.39 is 0 Å². The largest absolute Gasteiger partial charge is 0.424 e. The van der Waals surface area contributed by atoms with Gasteiger partial charge in [0.15, 0.2) is 0 Å². The summed E-state index contributed by atoms with van der Waals surface area (Å²) < 4.78 is 6.90. The first-order valence-corrected chi connectivity index (χ1v) is 8.06. The van der Waals surface area contributed by atoms with E-state index in [1.165, 1.54) is 24.8 Å². The molecule has 3 rings (SSSR count). The Balaban J connectivity index is 1.79. The monoisotopic (exact) mass is 347 g/mol. The Morgan fingerprint density at radius 2 is 1.86 bits per heavy atom. The molecule has 1 aromatic heterocycles. The van der Waals surface area contributed by atoms with Crippen molar-refractivity contribution in [2.75, 3.05) is 13.1 Å². The lowest BCUT2D eigenvalue weighted by atomic mass is 10.1. The third kappa shape index (κ3) is 4.02. The molecule has 4 nitrogen and oxygen atoms in total. The van der Waals surface area contributed by atoms with Gasteiger partial charge < -0.3 is 4.74 Å². The van der Waals surface area contributed by atoms with Gasteiger partial charge in [-0.15, -0.1) is 0 Å². The topological polar surface area (TPSA) is 38.3 Å². The van der Waals surface area contributed by atoms with E-state index in [0.29, 0.717) is 6.01 Å². The Labute approximate surface area is 133 Å². The number of benzene rings is 1. The number of ether oxygens (including phenoxy) is 1. The molecule has 21 heavy (non-hydrogen) atoms. The van der Waals surface area contributed by atoms with Crippen LogP contribution in [0.1, 0.15) is 24.8 Å². The van der Waals surface area contributed by atoms with E-state index in [9.17, 15) is 0 Å². The average Bonchev–Trinajstić information content (AvgIpc) is 2.52. The van der Waals surface area contributed by atoms with Crippen molar-refractivity contribution in [1.82, 2.24) is 14.9 Å². The van der Waals surface area contributed by atoms with Gasteiger partial charge >= 0.3 is 6.01 Å². The minimum Gasteiger partial charge on any atom is -0.424 e. The quantitative estimate of drug-likeness (QED) is 0.837. The first-order chi connectivity index (χ1) is 10.3. The van der Waals surface area contributed by atoms with Crippen molar-refractivity contribution in [3.8, 4) is 11.8 Å². The van der Waals surface area contributed by atoms with Gasteiger partial charge in [0.05, 0.1) is 0 Å². The summed E-state index contributed by atoms with van der Waals surface area (Å²) in [5.74, 6) is 0.829. The summed E-state index contributed by atoms with van der Waals surface area (Å²) in [4.78, 5) is 10.7. The number of rotatable bonds is 4. The van der Waals surface area contributed by atoms with Crippen molar-refractivity contribution in [1.29, 1.82) is 0 Å². The smallest absolute Gasteiger partial charge is 0.321 e. The van der Waals surface area contributed by atoms with Crippen molar-refractivity contribution in [2.45, 2.75) is 25.8 Å². The highest BCUT2D eigenvalue weighted by atomic mass is 79.9. The van der Waals surface area contributed by atoms with Gasteiger partial charge in [-0.25, -0.2) is 9.97 Å². The second kappa shape index (κ2) is 7.00. The lowest BCUT2D eigenvalue weighted by Gasteiger charge is -2.27. The Morgan fingerprint density at radius 3 is 2.62 bits per heavy atom. The standard InChI is InChI=1S/C16H18BrN3O/c17-14-5-6-15(21-16-18-7-4-8-19-16)13(11-14)12-20-9-2-1-3-10-20/h4-8,11H,1-3,9-10,12H2. The summed E-state index contributed by atoms with van der Waals surface area (Å²) in [6, 6.07) is 8.24. The molecule has 2 aromatic rings. The fourth-order valence-electron chi connectivity index (χ4n) is 2.57. The molecular formula is C16H18BrN3O. The number of halogens is 1. The third-order valence-electron chi connectivity index (χ3n) is 3.61. The van der Waals surface area contributed by atoms with E-state index >= 15 is 0 Å². The Bertz CT molecular complexity index is 585. The third-order valence-corrected chi connectivity index (χ3v) is 4.10. The Kier molecular flexibility index (Phi) is 4.83. The van der Waals surface area contributed by atoms with Gasteiger partial charge in [-0.1, -0.05) is 22.4 Å². The second-order valence-electron chi connectivity index (χ2n) is 5.22. The van der Waals surface area contributed by atoms with Gasteiger partial charge in [-0.05, 0) is 50.2 Å². The molecule has 0 aliphatic carbocycles. The summed E-state index contributed by atoms with van der Waals surface area (Å²) in [7, 11) is 0. The molecule has 1 aliphatic heterocycles. The summed E-state index contributed by atoms with van der Waals surface area (Å²) in [6.45, 7) is 3.23. The zero-order chi connectivity index (χ0) is 14.5. The lowest BCUT2D eigenvalue weighted by Crippen LogP contribution is -2.29. The SMILES string of the molecule is Brc1ccc(Oc2ncccn2)c(CN2CCCCC2)c1. The van der Waals surface area contributed by atoms with Crippen LogP contribution in [0.4, 0.5) is 0 Å². The van der Waals surface area contributed by atoms with Crippen LogP contribution in [0.15, 0.2) is 41.1 Å². The van der Waals surface area contributed by atoms with Crippen LogP contribution in [0.3, 0.4) is 0 Å². The molecule has 1 aliphatic rings. The highest BCUT2D eigenvalue weighted by Crippen LogP contribution is 2.28. The van der Waals surface area contributed by atoms with Crippen molar-refractivity contribution in [2.24, 2.45) is 0 Å². The van der Waals surface area contributed by atoms with Gasteiger partial charge in [0, 0.05) is 29.0 Å². The Hall–Kier alpha value is -1.46. The van der Waals surface area contributed by atoms with E-state index in [1.54, 1.807) is 18.5 Å². The minimum atomic E-state index is 0.389. The van der Waals surface area contributed by atoms with Gasteiger partial charge in [0.1, 0.15) is 5.75 Å². The zero-order valence-electron chi connectivity index (χ0n) is 11.8. The molecule has 110 valence electrons. The minimum absolute atomic E-state index is 0.389. The van der Waals surface area contributed by atoms with Crippen molar-refractivity contribution >= 4 is 15.9 Å². The molecule has 2 heterocycles. The maximum atomic E-state index is 5.84. The molecule has 0 amide bonds. The first-order valence-electron chi connectivity index (χ1n) is 7.27. The van der Waals surface area contributed by atoms with E-state index in [1.807, 2.05) is 12.1 Å². The fraction of sp³-hybridized carbons (Fsp3) is 0.375. The van der Waals surface area contributed by atoms with Crippen LogP contribution in [0, 0.1) is 0 Å². The summed E-state index contributed by atoms with van der Waals surface area (Å²) >= 11 is 3.54. The number of likely N-dealkylation sites (tertiary alicyclic amines) is 1. The molecule has 0 unspecified atom stereocenters. The summed E-state index contributed by atoms with van der Waals surface area (Å²) in [6.07, 6.45) is 7.28. The number of aromatic nitrogens is 2. The molecular weight excluding hydrogens is 330 g/mol. The highest BCUT2D eigenvalue weighted by Gasteiger charge is 2.14. The van der Waals surface area contributed by atoms with Crippen LogP contribution in [-0.2, 0) is 6.54 Å². The van der Waals surface area contributed by atoms with Crippen LogP contribution in [0.5, 0.6) is 11.8 Å². The molecule has 0 radical (unpaired) electrons. The number of nitrogens with zero attached hydrogens (tertiary/aromatic N) is 3. The van der Waals surface area contributed by atoms with E-state index in [2.05, 4.69) is 36.9 Å². The maximum absolute atomic E-state index is 5.84. The maximum Gasteiger partial charge on any atom is 0.321 e. The normalized spacial score (nSPS) is 15.9. The number of hydrogen-bond acceptors (Lipinski definition) is 4. The Morgan fingerprint density at radius 1 is 1.10 bits per heavy atom. The van der Waals surface area contributed by atoms with Gasteiger partial charge in [0.25, 0.3) is 0 Å². The van der Waals surface area contributed by atoms with Crippen LogP contribution in [-0.4, -0.2) is 28.0 Å². The molecule has 0 spiro atoms. The van der Waals surface area contributed by atoms with Gasteiger partial charge in [-0.3, -0.25) is 4.90 Å². The molecule has 1 fully saturated rings. The predicted octanol–water partition coefficient (Wildman–Crippen LogP) is 4.02. The van der Waals surface area contributed by atoms with E-state index in [-0.39, 0.29) is 0 Å². The highest BCUT2D eigenvalue weighted by molar-refractivity contribution is 9.10. The van der Waals surface area contributed by atoms with Crippen LogP contribution in [0.25, 0.3) is 0 Å². The van der Waals surface area contributed by atoms with Crippen molar-refractivity contribution < 1.29 is 4.74 Å². The molecule has 0 atom stereocenters. The number of piperidine rings is 1. The van der Waals surface area contributed by atoms with E-state index in [0.717, 1.165) is 29.9 Å². The molecule has 0 bridgehead atoms. The lowest BCUT2D eigenvalue weighted by molar-refractivity contribution is 0.218. The second-order valence-corrected chi connectivity index (χ2v) is 6.14. The van der Waals surface area contributed by atoms with Crippen LogP contribution < -0.4 is 4.74 Å². The molecule has 1 aromatic carbocycles. The zero-order valence-corrected chi connectivity index (χ0v) is 13.4. The summed E-state index contributed by atoms with van der Waals surface area (Å²) in [5.41, 5.74) is 1.17. The van der Waals surface area contributed by atoms with E-state index in [4.69, 9.17) is 4.74 Å². The summed E-state index contributed by atoms with van der Waals surface area (Å²) in [5, 5.41) is 0. The predicted molar refractivity (Wildman–Crippen MR) is 85.4 cm³/mol. The molecule has 5 heteroatoms. The van der Waals surface area contributed by atoms with Gasteiger partial charge in [0.2, 0.25) is 0 Å². The molecule has 1 saturated heterocycles. The van der Waals surface area contributed by atoms with Crippen LogP contribution in [0.2, 0.25) is 0 Å². The first kappa shape index (κ1) is 14.5. The number of hydrogen-bond donors (Lipinski definition) is 0. The van der Waals surface area contributed by atoms with Crippen LogP contribution >= 0.6 is 15.9 Å². The van der Waals surface area contributed by atoms with Gasteiger partial charge in [-0.2, -0.15) is 0 Å². The average molecular weight is 348 g/mol.